The van der Waals surface area contributed by atoms with Crippen LogP contribution in [0.5, 0.6) is 0 Å². The molecule has 1 amide bonds. The minimum atomic E-state index is -0.920. The summed E-state index contributed by atoms with van der Waals surface area (Å²) in [7, 11) is 0. The molecule has 2 rings (SSSR count). The van der Waals surface area contributed by atoms with Crippen LogP contribution in [0.4, 0.5) is 0 Å². The molecule has 5 nitrogen and oxygen atoms in total. The van der Waals surface area contributed by atoms with Crippen molar-refractivity contribution < 1.29 is 14.7 Å². The molecule has 1 aromatic carbocycles. The zero-order chi connectivity index (χ0) is 13.1. The first-order valence-electron chi connectivity index (χ1n) is 5.90. The number of benzene rings is 1. The largest absolute Gasteiger partial charge is 0.480 e. The van der Waals surface area contributed by atoms with Crippen LogP contribution >= 0.6 is 0 Å². The highest BCUT2D eigenvalue weighted by Crippen LogP contribution is 2.10. The monoisotopic (exact) mass is 248 g/mol. The van der Waals surface area contributed by atoms with Crippen LogP contribution in [0.2, 0.25) is 0 Å². The van der Waals surface area contributed by atoms with Crippen molar-refractivity contribution in [1.82, 2.24) is 10.2 Å². The predicted octanol–water partition coefficient (Wildman–Crippen LogP) is 0.494. The third-order valence-corrected chi connectivity index (χ3v) is 3.03. The Balaban J connectivity index is 2.11. The molecule has 1 aromatic rings. The second-order valence-electron chi connectivity index (χ2n) is 4.47. The van der Waals surface area contributed by atoms with Gasteiger partial charge in [0, 0.05) is 25.2 Å². The van der Waals surface area contributed by atoms with Gasteiger partial charge in [-0.3, -0.25) is 9.59 Å². The van der Waals surface area contributed by atoms with Crippen molar-refractivity contribution in [1.29, 1.82) is 0 Å². The van der Waals surface area contributed by atoms with Gasteiger partial charge in [-0.2, -0.15) is 0 Å². The van der Waals surface area contributed by atoms with Crippen molar-refractivity contribution >= 4 is 11.9 Å². The summed E-state index contributed by atoms with van der Waals surface area (Å²) in [5.41, 5.74) is 1.63. The molecule has 0 saturated carbocycles. The Morgan fingerprint density at radius 2 is 2.22 bits per heavy atom. The van der Waals surface area contributed by atoms with E-state index in [1.54, 1.807) is 11.0 Å². The normalized spacial score (nSPS) is 19.6. The van der Waals surface area contributed by atoms with Crippen LogP contribution in [0, 0.1) is 6.92 Å². The summed E-state index contributed by atoms with van der Waals surface area (Å²) in [4.78, 5) is 24.7. The van der Waals surface area contributed by atoms with E-state index in [4.69, 9.17) is 5.11 Å². The number of carbonyl (C=O) groups is 2. The molecule has 1 fully saturated rings. The van der Waals surface area contributed by atoms with E-state index in [9.17, 15) is 9.59 Å². The average molecular weight is 248 g/mol. The highest BCUT2D eigenvalue weighted by atomic mass is 16.4. The van der Waals surface area contributed by atoms with Gasteiger partial charge in [0.1, 0.15) is 6.04 Å². The molecular weight excluding hydrogens is 232 g/mol. The Morgan fingerprint density at radius 1 is 1.44 bits per heavy atom. The highest BCUT2D eigenvalue weighted by Gasteiger charge is 2.28. The standard InChI is InChI=1S/C13H16N2O3/c1-9-3-2-4-10(7-9)12(16)15-6-5-14-11(8-15)13(17)18/h2-4,7,11,14H,5-6,8H2,1H3,(H,17,18). The molecule has 5 heteroatoms. The quantitative estimate of drug-likeness (QED) is 0.799. The Kier molecular flexibility index (Phi) is 3.62. The number of carbonyl (C=O) groups excluding carboxylic acids is 1. The highest BCUT2D eigenvalue weighted by molar-refractivity contribution is 5.94. The van der Waals surface area contributed by atoms with E-state index in [0.29, 0.717) is 18.7 Å². The van der Waals surface area contributed by atoms with Crippen LogP contribution < -0.4 is 5.32 Å². The molecule has 1 atom stereocenters. The topological polar surface area (TPSA) is 69.6 Å². The molecule has 0 spiro atoms. The molecule has 0 aromatic heterocycles. The number of carboxylic acid groups (broad SMARTS) is 1. The molecule has 1 aliphatic rings. The number of nitrogens with zero attached hydrogens (tertiary/aromatic N) is 1. The number of rotatable bonds is 2. The maximum atomic E-state index is 12.2. The lowest BCUT2D eigenvalue weighted by Crippen LogP contribution is -2.55. The van der Waals surface area contributed by atoms with E-state index in [1.165, 1.54) is 0 Å². The van der Waals surface area contributed by atoms with Gasteiger partial charge in [-0.15, -0.1) is 0 Å². The molecule has 1 aliphatic heterocycles. The van der Waals surface area contributed by atoms with Gasteiger partial charge in [0.25, 0.3) is 5.91 Å². The predicted molar refractivity (Wildman–Crippen MR) is 66.5 cm³/mol. The molecule has 1 saturated heterocycles. The maximum Gasteiger partial charge on any atom is 0.322 e. The summed E-state index contributed by atoms with van der Waals surface area (Å²) in [6.45, 7) is 3.18. The smallest absolute Gasteiger partial charge is 0.322 e. The second kappa shape index (κ2) is 5.18. The van der Waals surface area contributed by atoms with Crippen molar-refractivity contribution in [2.24, 2.45) is 0 Å². The van der Waals surface area contributed by atoms with Crippen molar-refractivity contribution in [3.8, 4) is 0 Å². The first-order valence-corrected chi connectivity index (χ1v) is 5.90. The summed E-state index contributed by atoms with van der Waals surface area (Å²) < 4.78 is 0. The first-order chi connectivity index (χ1) is 8.58. The Morgan fingerprint density at radius 3 is 2.89 bits per heavy atom. The van der Waals surface area contributed by atoms with Crippen molar-refractivity contribution in [3.63, 3.8) is 0 Å². The number of hydrogen-bond donors (Lipinski definition) is 2. The van der Waals surface area contributed by atoms with E-state index in [-0.39, 0.29) is 12.5 Å². The molecule has 96 valence electrons. The lowest BCUT2D eigenvalue weighted by atomic mass is 10.1. The molecule has 0 radical (unpaired) electrons. The molecule has 2 N–H and O–H groups in total. The number of aryl methyl sites for hydroxylation is 1. The molecule has 1 heterocycles. The SMILES string of the molecule is Cc1cccc(C(=O)N2CCNC(C(=O)O)C2)c1. The fourth-order valence-electron chi connectivity index (χ4n) is 2.06. The number of carboxylic acids is 1. The molecule has 0 aliphatic carbocycles. The van der Waals surface area contributed by atoms with Crippen molar-refractivity contribution in [2.75, 3.05) is 19.6 Å². The summed E-state index contributed by atoms with van der Waals surface area (Å²) in [6.07, 6.45) is 0. The van der Waals surface area contributed by atoms with Crippen LogP contribution in [-0.2, 0) is 4.79 Å². The van der Waals surface area contributed by atoms with Crippen LogP contribution in [0.15, 0.2) is 24.3 Å². The molecule has 18 heavy (non-hydrogen) atoms. The number of amides is 1. The summed E-state index contributed by atoms with van der Waals surface area (Å²) >= 11 is 0. The van der Waals surface area contributed by atoms with Gasteiger partial charge in [0.05, 0.1) is 0 Å². The first kappa shape index (κ1) is 12.6. The molecule has 0 bridgehead atoms. The second-order valence-corrected chi connectivity index (χ2v) is 4.47. The Labute approximate surface area is 105 Å². The average Bonchev–Trinajstić information content (AvgIpc) is 2.38. The van der Waals surface area contributed by atoms with Crippen LogP contribution in [0.1, 0.15) is 15.9 Å². The van der Waals surface area contributed by atoms with E-state index < -0.39 is 12.0 Å². The van der Waals surface area contributed by atoms with E-state index >= 15 is 0 Å². The van der Waals surface area contributed by atoms with E-state index in [2.05, 4.69) is 5.32 Å². The summed E-state index contributed by atoms with van der Waals surface area (Å²) in [5.74, 6) is -1.02. The Hall–Kier alpha value is -1.88. The third-order valence-electron chi connectivity index (χ3n) is 3.03. The fraction of sp³-hybridized carbons (Fsp3) is 0.385. The summed E-state index contributed by atoms with van der Waals surface area (Å²) in [6, 6.07) is 6.66. The lowest BCUT2D eigenvalue weighted by Gasteiger charge is -2.31. The van der Waals surface area contributed by atoms with Gasteiger partial charge in [-0.1, -0.05) is 17.7 Å². The van der Waals surface area contributed by atoms with Crippen molar-refractivity contribution in [2.45, 2.75) is 13.0 Å². The van der Waals surface area contributed by atoms with E-state index in [0.717, 1.165) is 5.56 Å². The van der Waals surface area contributed by atoms with Crippen LogP contribution in [0.25, 0.3) is 0 Å². The number of piperazine rings is 1. The number of hydrogen-bond acceptors (Lipinski definition) is 3. The van der Waals surface area contributed by atoms with Gasteiger partial charge >= 0.3 is 5.97 Å². The van der Waals surface area contributed by atoms with Gasteiger partial charge in [0.15, 0.2) is 0 Å². The van der Waals surface area contributed by atoms with Crippen LogP contribution in [-0.4, -0.2) is 47.6 Å². The molecular formula is C13H16N2O3. The zero-order valence-electron chi connectivity index (χ0n) is 10.2. The Bertz CT molecular complexity index is 473. The van der Waals surface area contributed by atoms with Gasteiger partial charge < -0.3 is 15.3 Å². The maximum absolute atomic E-state index is 12.2. The minimum absolute atomic E-state index is 0.105. The van der Waals surface area contributed by atoms with Gasteiger partial charge in [-0.05, 0) is 19.1 Å². The minimum Gasteiger partial charge on any atom is -0.480 e. The fourth-order valence-corrected chi connectivity index (χ4v) is 2.06. The van der Waals surface area contributed by atoms with Crippen molar-refractivity contribution in [3.05, 3.63) is 35.4 Å². The lowest BCUT2D eigenvalue weighted by molar-refractivity contribution is -0.140. The number of nitrogens with one attached hydrogen (secondary N) is 1. The van der Waals surface area contributed by atoms with Gasteiger partial charge in [0.2, 0.25) is 0 Å². The van der Waals surface area contributed by atoms with Crippen LogP contribution in [0.3, 0.4) is 0 Å². The molecule has 1 unspecified atom stereocenters. The third kappa shape index (κ3) is 2.68. The zero-order valence-corrected chi connectivity index (χ0v) is 10.2. The van der Waals surface area contributed by atoms with Gasteiger partial charge in [-0.25, -0.2) is 0 Å². The number of aliphatic carboxylic acids is 1. The van der Waals surface area contributed by atoms with E-state index in [1.807, 2.05) is 25.1 Å². The summed E-state index contributed by atoms with van der Waals surface area (Å²) in [5, 5.41) is 11.8.